The van der Waals surface area contributed by atoms with E-state index < -0.39 is 0 Å². The van der Waals surface area contributed by atoms with Gasteiger partial charge in [-0.2, -0.15) is 0 Å². The average Bonchev–Trinajstić information content (AvgIpc) is 2.40. The van der Waals surface area contributed by atoms with Crippen LogP contribution in [0.25, 0.3) is 0 Å². The Morgan fingerprint density at radius 2 is 1.89 bits per heavy atom. The fraction of sp³-hybridized carbons (Fsp3) is 0.385. The molecule has 0 atom stereocenters. The molecule has 1 aromatic rings. The van der Waals surface area contributed by atoms with E-state index in [1.807, 2.05) is 0 Å². The van der Waals surface area contributed by atoms with Gasteiger partial charge in [-0.25, -0.2) is 9.59 Å². The molecule has 0 heterocycles. The molecule has 0 bridgehead atoms. The molecule has 0 aliphatic heterocycles. The number of rotatable bonds is 6. The summed E-state index contributed by atoms with van der Waals surface area (Å²) in [4.78, 5) is 22.9. The number of nitrogens with one attached hydrogen (secondary N) is 2. The number of hydrogen-bond donors (Lipinski definition) is 2. The van der Waals surface area contributed by atoms with E-state index in [1.54, 1.807) is 38.3 Å². The third-order valence-corrected chi connectivity index (χ3v) is 2.25. The smallest absolute Gasteiger partial charge is 0.338 e. The number of urea groups is 1. The molecule has 0 saturated heterocycles. The zero-order valence-corrected chi connectivity index (χ0v) is 11.1. The maximum absolute atomic E-state index is 11.4. The van der Waals surface area contributed by atoms with E-state index >= 15 is 0 Å². The van der Waals surface area contributed by atoms with Crippen LogP contribution in [0.1, 0.15) is 17.3 Å². The minimum absolute atomic E-state index is 0.319. The Labute approximate surface area is 112 Å². The number of carbonyl (C=O) groups is 2. The van der Waals surface area contributed by atoms with Gasteiger partial charge in [-0.1, -0.05) is 0 Å². The highest BCUT2D eigenvalue weighted by Crippen LogP contribution is 2.10. The second kappa shape index (κ2) is 8.10. The minimum atomic E-state index is -0.376. The van der Waals surface area contributed by atoms with Gasteiger partial charge in [0.1, 0.15) is 0 Å². The molecule has 0 radical (unpaired) electrons. The zero-order valence-electron chi connectivity index (χ0n) is 11.1. The van der Waals surface area contributed by atoms with Gasteiger partial charge in [0.2, 0.25) is 0 Å². The average molecular weight is 266 g/mol. The van der Waals surface area contributed by atoms with Crippen LogP contribution in [0, 0.1) is 0 Å². The first-order chi connectivity index (χ1) is 9.17. The molecule has 6 heteroatoms. The number of ether oxygens (including phenoxy) is 2. The van der Waals surface area contributed by atoms with Crippen LogP contribution in [-0.2, 0) is 9.47 Å². The first-order valence-corrected chi connectivity index (χ1v) is 5.98. The van der Waals surface area contributed by atoms with E-state index in [-0.39, 0.29) is 12.0 Å². The molecule has 6 nitrogen and oxygen atoms in total. The van der Waals surface area contributed by atoms with Crippen molar-refractivity contribution in [1.82, 2.24) is 5.32 Å². The molecule has 1 aromatic carbocycles. The normalized spacial score (nSPS) is 9.79. The highest BCUT2D eigenvalue weighted by atomic mass is 16.5. The summed E-state index contributed by atoms with van der Waals surface area (Å²) in [7, 11) is 1.56. The molecular weight excluding hydrogens is 248 g/mol. The van der Waals surface area contributed by atoms with E-state index in [4.69, 9.17) is 9.47 Å². The van der Waals surface area contributed by atoms with E-state index in [9.17, 15) is 9.59 Å². The van der Waals surface area contributed by atoms with Crippen LogP contribution in [-0.4, -0.2) is 38.9 Å². The second-order valence-electron chi connectivity index (χ2n) is 3.67. The van der Waals surface area contributed by atoms with E-state index in [1.165, 1.54) is 0 Å². The van der Waals surface area contributed by atoms with Crippen molar-refractivity contribution in [3.8, 4) is 0 Å². The van der Waals surface area contributed by atoms with Gasteiger partial charge < -0.3 is 20.1 Å². The number of hydrogen-bond acceptors (Lipinski definition) is 4. The fourth-order valence-corrected chi connectivity index (χ4v) is 1.35. The van der Waals surface area contributed by atoms with Crippen LogP contribution in [0.5, 0.6) is 0 Å². The zero-order chi connectivity index (χ0) is 14.1. The highest BCUT2D eigenvalue weighted by molar-refractivity contribution is 5.92. The number of anilines is 1. The van der Waals surface area contributed by atoms with Gasteiger partial charge >= 0.3 is 12.0 Å². The summed E-state index contributed by atoms with van der Waals surface area (Å²) in [6.45, 7) is 2.97. The van der Waals surface area contributed by atoms with Crippen molar-refractivity contribution in [2.24, 2.45) is 0 Å². The Balaban J connectivity index is 2.47. The second-order valence-corrected chi connectivity index (χ2v) is 3.67. The van der Waals surface area contributed by atoms with Crippen LogP contribution in [0.2, 0.25) is 0 Å². The molecule has 0 aliphatic rings. The predicted molar refractivity (Wildman–Crippen MR) is 71.3 cm³/mol. The van der Waals surface area contributed by atoms with Gasteiger partial charge in [-0.3, -0.25) is 0 Å². The van der Waals surface area contributed by atoms with Crippen LogP contribution in [0.4, 0.5) is 10.5 Å². The molecular formula is C13H18N2O4. The quantitative estimate of drug-likeness (QED) is 0.606. The van der Waals surface area contributed by atoms with E-state index in [0.29, 0.717) is 31.0 Å². The monoisotopic (exact) mass is 266 g/mol. The standard InChI is InChI=1S/C13H18N2O4/c1-3-19-12(16)10-4-6-11(7-5-10)15-13(17)14-8-9-18-2/h4-7H,3,8-9H2,1-2H3,(H2,14,15,17). The summed E-state index contributed by atoms with van der Waals surface area (Å²) in [5, 5.41) is 5.26. The van der Waals surface area contributed by atoms with Gasteiger partial charge in [-0.05, 0) is 31.2 Å². The first kappa shape index (κ1) is 15.0. The molecule has 1 rings (SSSR count). The Morgan fingerprint density at radius 1 is 1.21 bits per heavy atom. The maximum Gasteiger partial charge on any atom is 0.338 e. The maximum atomic E-state index is 11.4. The lowest BCUT2D eigenvalue weighted by Crippen LogP contribution is -2.31. The van der Waals surface area contributed by atoms with E-state index in [0.717, 1.165) is 0 Å². The fourth-order valence-electron chi connectivity index (χ4n) is 1.35. The topological polar surface area (TPSA) is 76.7 Å². The van der Waals surface area contributed by atoms with Crippen molar-refractivity contribution in [1.29, 1.82) is 0 Å². The number of carbonyl (C=O) groups excluding carboxylic acids is 2. The van der Waals surface area contributed by atoms with Gasteiger partial charge in [0.15, 0.2) is 0 Å². The lowest BCUT2D eigenvalue weighted by molar-refractivity contribution is 0.0526. The van der Waals surface area contributed by atoms with Crippen molar-refractivity contribution >= 4 is 17.7 Å². The van der Waals surface area contributed by atoms with Crippen LogP contribution in [0.15, 0.2) is 24.3 Å². The van der Waals surface area contributed by atoms with Crippen molar-refractivity contribution in [3.63, 3.8) is 0 Å². The largest absolute Gasteiger partial charge is 0.462 e. The molecule has 104 valence electrons. The third kappa shape index (κ3) is 5.39. The highest BCUT2D eigenvalue weighted by Gasteiger charge is 2.06. The Kier molecular flexibility index (Phi) is 6.38. The summed E-state index contributed by atoms with van der Waals surface area (Å²) in [6, 6.07) is 6.16. The first-order valence-electron chi connectivity index (χ1n) is 5.98. The van der Waals surface area contributed by atoms with Crippen LogP contribution in [0.3, 0.4) is 0 Å². The number of benzene rings is 1. The molecule has 19 heavy (non-hydrogen) atoms. The Bertz CT molecular complexity index is 417. The van der Waals surface area contributed by atoms with Gasteiger partial charge in [0.05, 0.1) is 18.8 Å². The van der Waals surface area contributed by atoms with Crippen molar-refractivity contribution in [3.05, 3.63) is 29.8 Å². The molecule has 0 fully saturated rings. The Hall–Kier alpha value is -2.08. The SMILES string of the molecule is CCOC(=O)c1ccc(NC(=O)NCCOC)cc1. The number of esters is 1. The van der Waals surface area contributed by atoms with Gasteiger partial charge in [-0.15, -0.1) is 0 Å². The molecule has 0 unspecified atom stereocenters. The molecule has 0 saturated carbocycles. The lowest BCUT2D eigenvalue weighted by Gasteiger charge is -2.07. The van der Waals surface area contributed by atoms with Crippen LogP contribution < -0.4 is 10.6 Å². The van der Waals surface area contributed by atoms with Crippen molar-refractivity contribution in [2.75, 3.05) is 32.2 Å². The number of amides is 2. The summed E-state index contributed by atoms with van der Waals surface area (Å²) in [5.74, 6) is -0.376. The van der Waals surface area contributed by atoms with Crippen LogP contribution >= 0.6 is 0 Å². The lowest BCUT2D eigenvalue weighted by atomic mass is 10.2. The summed E-state index contributed by atoms with van der Waals surface area (Å²) >= 11 is 0. The summed E-state index contributed by atoms with van der Waals surface area (Å²) in [6.07, 6.45) is 0. The van der Waals surface area contributed by atoms with Crippen molar-refractivity contribution < 1.29 is 19.1 Å². The van der Waals surface area contributed by atoms with Crippen molar-refractivity contribution in [2.45, 2.75) is 6.92 Å². The molecule has 2 amide bonds. The van der Waals surface area contributed by atoms with E-state index in [2.05, 4.69) is 10.6 Å². The molecule has 0 aliphatic carbocycles. The Morgan fingerprint density at radius 3 is 2.47 bits per heavy atom. The third-order valence-electron chi connectivity index (χ3n) is 2.25. The summed E-state index contributed by atoms with van der Waals surface area (Å²) in [5.41, 5.74) is 1.05. The predicted octanol–water partition coefficient (Wildman–Crippen LogP) is 1.63. The molecule has 0 spiro atoms. The van der Waals surface area contributed by atoms with Gasteiger partial charge in [0, 0.05) is 19.3 Å². The summed E-state index contributed by atoms with van der Waals surface area (Å²) < 4.78 is 9.68. The van der Waals surface area contributed by atoms with Gasteiger partial charge in [0.25, 0.3) is 0 Å². The minimum Gasteiger partial charge on any atom is -0.462 e. The molecule has 2 N–H and O–H groups in total. The number of methoxy groups -OCH3 is 1. The molecule has 0 aromatic heterocycles.